The highest BCUT2D eigenvalue weighted by atomic mass is 19.4. The molecule has 0 spiro atoms. The van der Waals surface area contributed by atoms with Crippen LogP contribution in [0.15, 0.2) is 18.2 Å². The number of hydrogen-bond donors (Lipinski definition) is 0. The molecule has 22 heavy (non-hydrogen) atoms. The second-order valence-electron chi connectivity index (χ2n) is 4.49. The lowest BCUT2D eigenvalue weighted by atomic mass is 10.0. The molecule has 1 rings (SSSR count). The van der Waals surface area contributed by atoms with Gasteiger partial charge in [-0.3, -0.25) is 9.59 Å². The molecule has 0 saturated heterocycles. The monoisotopic (exact) mass is 318 g/mol. The van der Waals surface area contributed by atoms with Crippen LogP contribution in [0.1, 0.15) is 42.1 Å². The van der Waals surface area contributed by atoms with Crippen molar-refractivity contribution in [3.63, 3.8) is 0 Å². The Hall–Kier alpha value is -2.05. The van der Waals surface area contributed by atoms with Crippen LogP contribution in [-0.4, -0.2) is 25.5 Å². The maximum absolute atomic E-state index is 12.7. The van der Waals surface area contributed by atoms with E-state index in [0.29, 0.717) is 0 Å². The molecular weight excluding hydrogens is 301 g/mol. The highest BCUT2D eigenvalue weighted by Gasteiger charge is 2.32. The van der Waals surface area contributed by atoms with Crippen LogP contribution in [0.5, 0.6) is 5.75 Å². The number of ketones is 1. The highest BCUT2D eigenvalue weighted by molar-refractivity contribution is 5.99. The van der Waals surface area contributed by atoms with Crippen LogP contribution in [0.4, 0.5) is 13.2 Å². The molecule has 0 aliphatic rings. The molecule has 0 atom stereocenters. The Kier molecular flexibility index (Phi) is 6.39. The van der Waals surface area contributed by atoms with Gasteiger partial charge in [0.1, 0.15) is 5.75 Å². The molecule has 0 unspecified atom stereocenters. The van der Waals surface area contributed by atoms with Gasteiger partial charge in [-0.15, -0.1) is 0 Å². The van der Waals surface area contributed by atoms with E-state index in [2.05, 4.69) is 4.74 Å². The van der Waals surface area contributed by atoms with Gasteiger partial charge in [0.05, 0.1) is 24.8 Å². The number of Topliss-reactive ketones (excluding diaryl/α,β-unsaturated/α-hetero) is 1. The third-order valence-electron chi connectivity index (χ3n) is 2.92. The van der Waals surface area contributed by atoms with Crippen molar-refractivity contribution in [1.82, 2.24) is 0 Å². The Morgan fingerprint density at radius 2 is 1.86 bits per heavy atom. The van der Waals surface area contributed by atoms with Gasteiger partial charge in [0.2, 0.25) is 0 Å². The summed E-state index contributed by atoms with van der Waals surface area (Å²) in [5.41, 5.74) is -1.03. The van der Waals surface area contributed by atoms with Gasteiger partial charge in [0.25, 0.3) is 0 Å². The van der Waals surface area contributed by atoms with Gasteiger partial charge >= 0.3 is 12.1 Å². The minimum atomic E-state index is -4.54. The summed E-state index contributed by atoms with van der Waals surface area (Å²) < 4.78 is 47.9. The van der Waals surface area contributed by atoms with E-state index in [9.17, 15) is 22.8 Å². The Balaban J connectivity index is 2.93. The van der Waals surface area contributed by atoms with Crippen molar-refractivity contribution in [2.24, 2.45) is 0 Å². The summed E-state index contributed by atoms with van der Waals surface area (Å²) in [5, 5.41) is 0. The maximum atomic E-state index is 12.7. The van der Waals surface area contributed by atoms with Crippen molar-refractivity contribution in [1.29, 1.82) is 0 Å². The summed E-state index contributed by atoms with van der Waals surface area (Å²) >= 11 is 0. The van der Waals surface area contributed by atoms with E-state index < -0.39 is 23.5 Å². The Bertz CT molecular complexity index is 538. The van der Waals surface area contributed by atoms with Crippen LogP contribution in [-0.2, 0) is 15.7 Å². The fraction of sp³-hybridized carbons (Fsp3) is 0.467. The predicted octanol–water partition coefficient (Wildman–Crippen LogP) is 3.63. The van der Waals surface area contributed by atoms with Crippen LogP contribution >= 0.6 is 0 Å². The molecule has 0 bridgehead atoms. The topological polar surface area (TPSA) is 52.6 Å². The van der Waals surface area contributed by atoms with E-state index in [1.165, 1.54) is 7.11 Å². The largest absolute Gasteiger partial charge is 0.493 e. The van der Waals surface area contributed by atoms with Gasteiger partial charge in [-0.1, -0.05) is 0 Å². The quantitative estimate of drug-likeness (QED) is 0.569. The van der Waals surface area contributed by atoms with E-state index >= 15 is 0 Å². The molecule has 7 heteroatoms. The number of methoxy groups -OCH3 is 1. The molecule has 122 valence electrons. The van der Waals surface area contributed by atoms with Gasteiger partial charge in [-0.05, 0) is 31.5 Å². The first-order valence-corrected chi connectivity index (χ1v) is 6.73. The predicted molar refractivity (Wildman–Crippen MR) is 72.8 cm³/mol. The molecule has 0 aliphatic carbocycles. The number of benzene rings is 1. The number of hydrogen-bond acceptors (Lipinski definition) is 4. The molecule has 0 aromatic heterocycles. The maximum Gasteiger partial charge on any atom is 0.416 e. The normalized spacial score (nSPS) is 11.1. The fourth-order valence-corrected chi connectivity index (χ4v) is 1.84. The van der Waals surface area contributed by atoms with E-state index in [0.717, 1.165) is 18.2 Å². The van der Waals surface area contributed by atoms with Crippen molar-refractivity contribution in [3.8, 4) is 5.75 Å². The summed E-state index contributed by atoms with van der Waals surface area (Å²) in [6, 6.07) is 2.79. The molecule has 0 radical (unpaired) electrons. The van der Waals surface area contributed by atoms with Crippen LogP contribution in [0.3, 0.4) is 0 Å². The summed E-state index contributed by atoms with van der Waals surface area (Å²) in [6.07, 6.45) is -4.36. The van der Waals surface area contributed by atoms with Crippen molar-refractivity contribution in [2.75, 3.05) is 13.7 Å². The highest BCUT2D eigenvalue weighted by Crippen LogP contribution is 2.33. The van der Waals surface area contributed by atoms with Gasteiger partial charge in [-0.2, -0.15) is 13.2 Å². The zero-order chi connectivity index (χ0) is 16.8. The molecule has 0 saturated carbocycles. The zero-order valence-corrected chi connectivity index (χ0v) is 12.3. The van der Waals surface area contributed by atoms with Crippen LogP contribution in [0.2, 0.25) is 0 Å². The molecule has 4 nitrogen and oxygen atoms in total. The second kappa shape index (κ2) is 7.82. The molecule has 1 aromatic carbocycles. The molecule has 0 heterocycles. The average molecular weight is 318 g/mol. The Morgan fingerprint density at radius 3 is 2.41 bits per heavy atom. The second-order valence-corrected chi connectivity index (χ2v) is 4.49. The lowest BCUT2D eigenvalue weighted by Gasteiger charge is -2.13. The van der Waals surface area contributed by atoms with Gasteiger partial charge in [-0.25, -0.2) is 0 Å². The number of esters is 1. The number of rotatable bonds is 7. The summed E-state index contributed by atoms with van der Waals surface area (Å²) in [7, 11) is 1.23. The first kappa shape index (κ1) is 18.0. The minimum Gasteiger partial charge on any atom is -0.493 e. The van der Waals surface area contributed by atoms with Gasteiger partial charge in [0.15, 0.2) is 5.78 Å². The summed E-state index contributed by atoms with van der Waals surface area (Å²) in [4.78, 5) is 23.1. The third-order valence-corrected chi connectivity index (χ3v) is 2.92. The Morgan fingerprint density at radius 1 is 1.18 bits per heavy atom. The third kappa shape index (κ3) is 5.05. The number of carbonyl (C=O) groups is 2. The van der Waals surface area contributed by atoms with E-state index in [4.69, 9.17) is 4.74 Å². The molecular formula is C15H17F3O4. The number of halogens is 3. The summed E-state index contributed by atoms with van der Waals surface area (Å²) in [6.45, 7) is 1.90. The van der Waals surface area contributed by atoms with E-state index in [-0.39, 0.29) is 37.2 Å². The number of carbonyl (C=O) groups excluding carboxylic acids is 2. The molecule has 0 N–H and O–H groups in total. The van der Waals surface area contributed by atoms with Crippen LogP contribution < -0.4 is 4.74 Å². The summed E-state index contributed by atoms with van der Waals surface area (Å²) in [5.74, 6) is -0.862. The van der Waals surface area contributed by atoms with Gasteiger partial charge in [0, 0.05) is 12.8 Å². The molecule has 0 amide bonds. The minimum absolute atomic E-state index is 0.0329. The fourth-order valence-electron chi connectivity index (χ4n) is 1.84. The standard InChI is InChI=1S/C15H17F3O4/c1-3-22-13-8-7-10(15(16,17)18)9-11(13)12(19)5-4-6-14(20)21-2/h7-9H,3-6H2,1-2H3. The number of ether oxygens (including phenoxy) is 2. The van der Waals surface area contributed by atoms with E-state index in [1.807, 2.05) is 0 Å². The SMILES string of the molecule is CCOc1ccc(C(F)(F)F)cc1C(=O)CCCC(=O)OC. The van der Waals surface area contributed by atoms with Crippen LogP contribution in [0.25, 0.3) is 0 Å². The smallest absolute Gasteiger partial charge is 0.416 e. The molecule has 0 fully saturated rings. The lowest BCUT2D eigenvalue weighted by molar-refractivity contribution is -0.140. The van der Waals surface area contributed by atoms with Crippen LogP contribution in [0, 0.1) is 0 Å². The van der Waals surface area contributed by atoms with E-state index in [1.54, 1.807) is 6.92 Å². The lowest BCUT2D eigenvalue weighted by Crippen LogP contribution is -2.10. The van der Waals surface area contributed by atoms with Crippen molar-refractivity contribution < 1.29 is 32.2 Å². The first-order chi connectivity index (χ1) is 10.3. The molecule has 0 aliphatic heterocycles. The van der Waals surface area contributed by atoms with Crippen molar-refractivity contribution in [2.45, 2.75) is 32.4 Å². The molecule has 1 aromatic rings. The van der Waals surface area contributed by atoms with Crippen molar-refractivity contribution in [3.05, 3.63) is 29.3 Å². The Labute approximate surface area is 126 Å². The zero-order valence-electron chi connectivity index (χ0n) is 12.3. The van der Waals surface area contributed by atoms with Gasteiger partial charge < -0.3 is 9.47 Å². The van der Waals surface area contributed by atoms with Crippen molar-refractivity contribution >= 4 is 11.8 Å². The first-order valence-electron chi connectivity index (χ1n) is 6.73. The number of alkyl halides is 3. The average Bonchev–Trinajstić information content (AvgIpc) is 2.46.